The van der Waals surface area contributed by atoms with Crippen LogP contribution in [0.4, 0.5) is 0 Å². The Morgan fingerprint density at radius 1 is 1.09 bits per heavy atom. The molecule has 3 aromatic rings. The molecule has 4 heteroatoms. The van der Waals surface area contributed by atoms with Crippen molar-refractivity contribution in [3.8, 4) is 5.75 Å². The van der Waals surface area contributed by atoms with Crippen LogP contribution in [-0.4, -0.2) is 17.0 Å². The molecule has 1 aromatic heterocycles. The summed E-state index contributed by atoms with van der Waals surface area (Å²) in [5.41, 5.74) is 1.01. The first kappa shape index (κ1) is 15.0. The van der Waals surface area contributed by atoms with Gasteiger partial charge in [0.1, 0.15) is 5.75 Å². The molecule has 0 aliphatic heterocycles. The normalized spacial score (nSPS) is 11.9. The van der Waals surface area contributed by atoms with E-state index in [1.165, 1.54) is 0 Å². The fraction of sp³-hybridized carbons (Fsp3) is 0.158. The summed E-state index contributed by atoms with van der Waals surface area (Å²) in [6, 6.07) is 17.6. The summed E-state index contributed by atoms with van der Waals surface area (Å²) in [4.78, 5) is 16.1. The number of aromatic nitrogens is 1. The second kappa shape index (κ2) is 6.92. The Kier molecular flexibility index (Phi) is 4.52. The lowest BCUT2D eigenvalue weighted by Gasteiger charge is -2.15. The Balaban J connectivity index is 1.60. The summed E-state index contributed by atoms with van der Waals surface area (Å²) in [6.07, 6.45) is 2.85. The van der Waals surface area contributed by atoms with Crippen LogP contribution in [0.25, 0.3) is 10.8 Å². The zero-order valence-corrected chi connectivity index (χ0v) is 12.9. The maximum Gasteiger partial charge on any atom is 0.261 e. The van der Waals surface area contributed by atoms with Gasteiger partial charge in [-0.1, -0.05) is 30.3 Å². The molecule has 4 nitrogen and oxygen atoms in total. The molecule has 1 heterocycles. The number of ether oxygens (including phenoxy) is 1. The first-order valence-electron chi connectivity index (χ1n) is 7.54. The molecule has 1 atom stereocenters. The van der Waals surface area contributed by atoms with E-state index in [4.69, 9.17) is 4.74 Å². The van der Waals surface area contributed by atoms with Crippen LogP contribution in [0.15, 0.2) is 67.0 Å². The number of hydrogen-bond donors (Lipinski definition) is 1. The fourth-order valence-corrected chi connectivity index (χ4v) is 2.33. The highest BCUT2D eigenvalue weighted by Gasteiger charge is 2.14. The van der Waals surface area contributed by atoms with E-state index in [9.17, 15) is 4.79 Å². The highest BCUT2D eigenvalue weighted by Crippen LogP contribution is 2.21. The number of carbonyl (C=O) groups excluding carboxylic acids is 1. The van der Waals surface area contributed by atoms with Gasteiger partial charge in [0.25, 0.3) is 5.91 Å². The van der Waals surface area contributed by atoms with Crippen LogP contribution in [0.5, 0.6) is 5.75 Å². The van der Waals surface area contributed by atoms with Crippen molar-refractivity contribution in [3.63, 3.8) is 0 Å². The average molecular weight is 306 g/mol. The van der Waals surface area contributed by atoms with Crippen molar-refractivity contribution < 1.29 is 9.53 Å². The molecule has 0 saturated carbocycles. The fourth-order valence-electron chi connectivity index (χ4n) is 2.33. The van der Waals surface area contributed by atoms with Crippen molar-refractivity contribution in [2.24, 2.45) is 0 Å². The van der Waals surface area contributed by atoms with Crippen LogP contribution in [0.1, 0.15) is 12.5 Å². The van der Waals surface area contributed by atoms with Gasteiger partial charge in [-0.3, -0.25) is 9.78 Å². The van der Waals surface area contributed by atoms with E-state index >= 15 is 0 Å². The molecule has 1 N–H and O–H groups in total. The van der Waals surface area contributed by atoms with Gasteiger partial charge in [0, 0.05) is 18.9 Å². The van der Waals surface area contributed by atoms with E-state index in [-0.39, 0.29) is 5.91 Å². The average Bonchev–Trinajstić information content (AvgIpc) is 2.60. The van der Waals surface area contributed by atoms with E-state index < -0.39 is 6.10 Å². The lowest BCUT2D eigenvalue weighted by molar-refractivity contribution is -0.127. The third kappa shape index (κ3) is 3.86. The Hall–Kier alpha value is -2.88. The summed E-state index contributed by atoms with van der Waals surface area (Å²) >= 11 is 0. The number of fused-ring (bicyclic) bond motifs is 1. The standard InChI is InChI=1S/C19H18N2O2/c1-14(19(22)21-13-15-8-10-20-11-9-15)23-18-7-6-16-4-2-3-5-17(16)12-18/h2-12,14H,13H2,1H3,(H,21,22)/t14-/m1/s1. The monoisotopic (exact) mass is 306 g/mol. The Morgan fingerprint density at radius 2 is 1.83 bits per heavy atom. The minimum absolute atomic E-state index is 0.144. The third-order valence-electron chi connectivity index (χ3n) is 3.62. The van der Waals surface area contributed by atoms with Crippen molar-refractivity contribution in [1.29, 1.82) is 0 Å². The molecule has 23 heavy (non-hydrogen) atoms. The van der Waals surface area contributed by atoms with Crippen LogP contribution in [0, 0.1) is 0 Å². The molecule has 0 spiro atoms. The van der Waals surface area contributed by atoms with Gasteiger partial charge in [0.15, 0.2) is 6.10 Å². The third-order valence-corrected chi connectivity index (χ3v) is 3.62. The van der Waals surface area contributed by atoms with Crippen LogP contribution >= 0.6 is 0 Å². The number of carbonyl (C=O) groups is 1. The van der Waals surface area contributed by atoms with Crippen molar-refractivity contribution in [3.05, 3.63) is 72.6 Å². The first-order chi connectivity index (χ1) is 11.2. The molecule has 1 amide bonds. The highest BCUT2D eigenvalue weighted by molar-refractivity contribution is 5.84. The minimum Gasteiger partial charge on any atom is -0.481 e. The number of nitrogens with one attached hydrogen (secondary N) is 1. The molecule has 3 rings (SSSR count). The van der Waals surface area contributed by atoms with Crippen LogP contribution in [0.3, 0.4) is 0 Å². The quantitative estimate of drug-likeness (QED) is 0.786. The molecule has 0 saturated heterocycles. The zero-order chi connectivity index (χ0) is 16.1. The topological polar surface area (TPSA) is 51.2 Å². The maximum atomic E-state index is 12.1. The smallest absolute Gasteiger partial charge is 0.261 e. The number of rotatable bonds is 5. The summed E-state index contributed by atoms with van der Waals surface area (Å²) in [5.74, 6) is 0.547. The number of nitrogens with zero attached hydrogens (tertiary/aromatic N) is 1. The van der Waals surface area contributed by atoms with Crippen LogP contribution in [-0.2, 0) is 11.3 Å². The van der Waals surface area contributed by atoms with Crippen molar-refractivity contribution in [1.82, 2.24) is 10.3 Å². The van der Waals surface area contributed by atoms with Gasteiger partial charge >= 0.3 is 0 Å². The number of hydrogen-bond acceptors (Lipinski definition) is 3. The van der Waals surface area contributed by atoms with Gasteiger partial charge in [0.05, 0.1) is 0 Å². The van der Waals surface area contributed by atoms with Gasteiger partial charge in [-0.2, -0.15) is 0 Å². The number of amides is 1. The molecule has 0 unspecified atom stereocenters. The largest absolute Gasteiger partial charge is 0.481 e. The number of benzene rings is 2. The summed E-state index contributed by atoms with van der Waals surface area (Å²) in [5, 5.41) is 5.10. The van der Waals surface area contributed by atoms with E-state index in [1.807, 2.05) is 54.6 Å². The van der Waals surface area contributed by atoms with Crippen LogP contribution < -0.4 is 10.1 Å². The Labute approximate surface area is 135 Å². The van der Waals surface area contributed by atoms with E-state index in [1.54, 1.807) is 19.3 Å². The van der Waals surface area contributed by atoms with Gasteiger partial charge in [-0.15, -0.1) is 0 Å². The number of pyridine rings is 1. The molecular formula is C19H18N2O2. The summed E-state index contributed by atoms with van der Waals surface area (Å²) < 4.78 is 5.75. The highest BCUT2D eigenvalue weighted by atomic mass is 16.5. The summed E-state index contributed by atoms with van der Waals surface area (Å²) in [6.45, 7) is 2.21. The molecule has 116 valence electrons. The van der Waals surface area contributed by atoms with Crippen LogP contribution in [0.2, 0.25) is 0 Å². The maximum absolute atomic E-state index is 12.1. The predicted molar refractivity (Wildman–Crippen MR) is 90.1 cm³/mol. The Bertz CT molecular complexity index is 803. The summed E-state index contributed by atoms with van der Waals surface area (Å²) in [7, 11) is 0. The molecule has 0 fully saturated rings. The van der Waals surface area contributed by atoms with Gasteiger partial charge in [-0.25, -0.2) is 0 Å². The van der Waals surface area contributed by atoms with Crippen molar-refractivity contribution in [2.75, 3.05) is 0 Å². The molecule has 0 aliphatic carbocycles. The van der Waals surface area contributed by atoms with Gasteiger partial charge < -0.3 is 10.1 Å². The lowest BCUT2D eigenvalue weighted by Crippen LogP contribution is -2.35. The van der Waals surface area contributed by atoms with E-state index in [0.29, 0.717) is 12.3 Å². The van der Waals surface area contributed by atoms with Crippen molar-refractivity contribution >= 4 is 16.7 Å². The minimum atomic E-state index is -0.557. The van der Waals surface area contributed by atoms with Crippen molar-refractivity contribution in [2.45, 2.75) is 19.6 Å². The molecule has 2 aromatic carbocycles. The first-order valence-corrected chi connectivity index (χ1v) is 7.54. The van der Waals surface area contributed by atoms with E-state index in [2.05, 4.69) is 10.3 Å². The van der Waals surface area contributed by atoms with Gasteiger partial charge in [0.2, 0.25) is 0 Å². The molecular weight excluding hydrogens is 288 g/mol. The zero-order valence-electron chi connectivity index (χ0n) is 12.9. The predicted octanol–water partition coefficient (Wildman–Crippen LogP) is 3.32. The molecule has 0 radical (unpaired) electrons. The molecule has 0 aliphatic rings. The van der Waals surface area contributed by atoms with Gasteiger partial charge in [-0.05, 0) is 47.5 Å². The van der Waals surface area contributed by atoms with E-state index in [0.717, 1.165) is 16.3 Å². The SMILES string of the molecule is C[C@@H](Oc1ccc2ccccc2c1)C(=O)NCc1ccncc1. The second-order valence-corrected chi connectivity index (χ2v) is 5.34. The molecule has 0 bridgehead atoms. The lowest BCUT2D eigenvalue weighted by atomic mass is 10.1. The Morgan fingerprint density at radius 3 is 2.61 bits per heavy atom. The second-order valence-electron chi connectivity index (χ2n) is 5.34.